The standard InChI is InChI=1S/C15H19ClFN3/c1-5-18-15(12-8-11(17)6-7-13(12)16)14-9(2)19-20(4)10(14)3/h6-8,15,18H,5H2,1-4H3. The third-order valence-electron chi connectivity index (χ3n) is 3.53. The van der Waals surface area contributed by atoms with Gasteiger partial charge in [0.05, 0.1) is 11.7 Å². The molecule has 0 bridgehead atoms. The van der Waals surface area contributed by atoms with Crippen LogP contribution in [0.25, 0.3) is 0 Å². The summed E-state index contributed by atoms with van der Waals surface area (Å²) in [6.45, 7) is 6.74. The van der Waals surface area contributed by atoms with Crippen molar-refractivity contribution in [3.05, 3.63) is 51.6 Å². The van der Waals surface area contributed by atoms with Crippen molar-refractivity contribution >= 4 is 11.6 Å². The summed E-state index contributed by atoms with van der Waals surface area (Å²) in [7, 11) is 1.90. The van der Waals surface area contributed by atoms with E-state index in [0.29, 0.717) is 5.02 Å². The summed E-state index contributed by atoms with van der Waals surface area (Å²) >= 11 is 6.25. The van der Waals surface area contributed by atoms with Gasteiger partial charge in [0.2, 0.25) is 0 Å². The van der Waals surface area contributed by atoms with Gasteiger partial charge in [0, 0.05) is 23.3 Å². The number of aromatic nitrogens is 2. The lowest BCUT2D eigenvalue weighted by Gasteiger charge is -2.20. The minimum absolute atomic E-state index is 0.156. The number of benzene rings is 1. The molecule has 1 unspecified atom stereocenters. The van der Waals surface area contributed by atoms with E-state index >= 15 is 0 Å². The summed E-state index contributed by atoms with van der Waals surface area (Å²) in [5.74, 6) is -0.286. The van der Waals surface area contributed by atoms with Crippen LogP contribution in [0.1, 0.15) is 35.5 Å². The van der Waals surface area contributed by atoms with Crippen LogP contribution < -0.4 is 5.32 Å². The Balaban J connectivity index is 2.59. The number of hydrogen-bond acceptors (Lipinski definition) is 2. The monoisotopic (exact) mass is 295 g/mol. The van der Waals surface area contributed by atoms with Gasteiger partial charge in [-0.25, -0.2) is 4.39 Å². The summed E-state index contributed by atoms with van der Waals surface area (Å²) in [5, 5.41) is 8.36. The van der Waals surface area contributed by atoms with Crippen LogP contribution in [0.3, 0.4) is 0 Å². The number of hydrogen-bond donors (Lipinski definition) is 1. The zero-order chi connectivity index (χ0) is 14.9. The van der Waals surface area contributed by atoms with E-state index in [1.54, 1.807) is 6.07 Å². The summed E-state index contributed by atoms with van der Waals surface area (Å²) in [5.41, 5.74) is 3.78. The molecule has 2 aromatic rings. The Morgan fingerprint density at radius 1 is 1.40 bits per heavy atom. The van der Waals surface area contributed by atoms with Gasteiger partial charge in [-0.1, -0.05) is 18.5 Å². The molecule has 5 heteroatoms. The Labute approximate surface area is 123 Å². The van der Waals surface area contributed by atoms with Gasteiger partial charge < -0.3 is 5.32 Å². The lowest BCUT2D eigenvalue weighted by molar-refractivity contribution is 0.599. The first-order valence-corrected chi connectivity index (χ1v) is 7.02. The number of nitrogens with zero attached hydrogens (tertiary/aromatic N) is 2. The largest absolute Gasteiger partial charge is 0.306 e. The molecule has 0 fully saturated rings. The molecule has 1 atom stereocenters. The Bertz CT molecular complexity index is 622. The molecule has 108 valence electrons. The molecule has 0 saturated carbocycles. The maximum absolute atomic E-state index is 13.6. The SMILES string of the molecule is CCNC(c1cc(F)ccc1Cl)c1c(C)nn(C)c1C. The van der Waals surface area contributed by atoms with Crippen LogP contribution in [-0.4, -0.2) is 16.3 Å². The minimum Gasteiger partial charge on any atom is -0.306 e. The highest BCUT2D eigenvalue weighted by atomic mass is 35.5. The highest BCUT2D eigenvalue weighted by Gasteiger charge is 2.23. The molecular weight excluding hydrogens is 277 g/mol. The van der Waals surface area contributed by atoms with Crippen molar-refractivity contribution in [2.24, 2.45) is 7.05 Å². The van der Waals surface area contributed by atoms with Crippen molar-refractivity contribution in [2.45, 2.75) is 26.8 Å². The molecule has 3 nitrogen and oxygen atoms in total. The molecule has 0 aliphatic rings. The first-order valence-electron chi connectivity index (χ1n) is 6.64. The van der Waals surface area contributed by atoms with E-state index in [9.17, 15) is 4.39 Å². The zero-order valence-electron chi connectivity index (χ0n) is 12.2. The zero-order valence-corrected chi connectivity index (χ0v) is 12.9. The van der Waals surface area contributed by atoms with E-state index < -0.39 is 0 Å². The molecule has 0 aliphatic heterocycles. The third-order valence-corrected chi connectivity index (χ3v) is 3.88. The van der Waals surface area contributed by atoms with Gasteiger partial charge in [0.25, 0.3) is 0 Å². The third kappa shape index (κ3) is 2.72. The second-order valence-corrected chi connectivity index (χ2v) is 5.27. The Kier molecular flexibility index (Phi) is 4.45. The maximum Gasteiger partial charge on any atom is 0.123 e. The van der Waals surface area contributed by atoms with E-state index in [0.717, 1.165) is 29.1 Å². The van der Waals surface area contributed by atoms with Crippen LogP contribution in [0, 0.1) is 19.7 Å². The predicted octanol–water partition coefficient (Wildman–Crippen LogP) is 3.53. The van der Waals surface area contributed by atoms with Gasteiger partial charge in [-0.2, -0.15) is 5.10 Å². The van der Waals surface area contributed by atoms with Crippen LogP contribution in [0.2, 0.25) is 5.02 Å². The van der Waals surface area contributed by atoms with Crippen LogP contribution in [-0.2, 0) is 7.05 Å². The second kappa shape index (κ2) is 5.94. The van der Waals surface area contributed by atoms with E-state index in [1.807, 2.05) is 32.5 Å². The summed E-state index contributed by atoms with van der Waals surface area (Å²) in [6.07, 6.45) is 0. The summed E-state index contributed by atoms with van der Waals surface area (Å²) in [4.78, 5) is 0. The van der Waals surface area contributed by atoms with Gasteiger partial charge in [0.1, 0.15) is 5.82 Å². The molecule has 1 heterocycles. The lowest BCUT2D eigenvalue weighted by Crippen LogP contribution is -2.23. The average Bonchev–Trinajstić information content (AvgIpc) is 2.64. The van der Waals surface area contributed by atoms with Crippen LogP contribution in [0.5, 0.6) is 0 Å². The number of halogens is 2. The normalized spacial score (nSPS) is 12.7. The topological polar surface area (TPSA) is 29.9 Å². The van der Waals surface area contributed by atoms with Crippen molar-refractivity contribution in [2.75, 3.05) is 6.54 Å². The summed E-state index contributed by atoms with van der Waals surface area (Å²) in [6, 6.07) is 4.30. The Morgan fingerprint density at radius 3 is 2.65 bits per heavy atom. The van der Waals surface area contributed by atoms with Gasteiger partial charge >= 0.3 is 0 Å². The van der Waals surface area contributed by atoms with Gasteiger partial charge in [-0.15, -0.1) is 0 Å². The fourth-order valence-electron chi connectivity index (χ4n) is 2.52. The fourth-order valence-corrected chi connectivity index (χ4v) is 2.74. The van der Waals surface area contributed by atoms with E-state index in [1.165, 1.54) is 12.1 Å². The maximum atomic E-state index is 13.6. The van der Waals surface area contributed by atoms with Crippen molar-refractivity contribution < 1.29 is 4.39 Å². The second-order valence-electron chi connectivity index (χ2n) is 4.86. The Hall–Kier alpha value is -1.39. The molecule has 1 aromatic carbocycles. The van der Waals surface area contributed by atoms with E-state index in [2.05, 4.69) is 10.4 Å². The predicted molar refractivity (Wildman–Crippen MR) is 79.6 cm³/mol. The fraction of sp³-hybridized carbons (Fsp3) is 0.400. The smallest absolute Gasteiger partial charge is 0.123 e. The van der Waals surface area contributed by atoms with Crippen molar-refractivity contribution in [1.82, 2.24) is 15.1 Å². The lowest BCUT2D eigenvalue weighted by atomic mass is 9.96. The first kappa shape index (κ1) is 15.0. The van der Waals surface area contributed by atoms with Crippen molar-refractivity contribution in [3.8, 4) is 0 Å². The molecule has 20 heavy (non-hydrogen) atoms. The first-order chi connectivity index (χ1) is 9.45. The van der Waals surface area contributed by atoms with Crippen molar-refractivity contribution in [3.63, 3.8) is 0 Å². The quantitative estimate of drug-likeness (QED) is 0.935. The molecule has 0 spiro atoms. The molecule has 0 aliphatic carbocycles. The van der Waals surface area contributed by atoms with E-state index in [4.69, 9.17) is 11.6 Å². The van der Waals surface area contributed by atoms with Crippen LogP contribution >= 0.6 is 11.6 Å². The number of nitrogens with one attached hydrogen (secondary N) is 1. The highest BCUT2D eigenvalue weighted by molar-refractivity contribution is 6.31. The van der Waals surface area contributed by atoms with Gasteiger partial charge in [-0.05, 0) is 44.2 Å². The van der Waals surface area contributed by atoms with Crippen LogP contribution in [0.15, 0.2) is 18.2 Å². The number of rotatable bonds is 4. The molecule has 0 saturated heterocycles. The molecule has 0 radical (unpaired) electrons. The van der Waals surface area contributed by atoms with Gasteiger partial charge in [0.15, 0.2) is 0 Å². The summed E-state index contributed by atoms with van der Waals surface area (Å²) < 4.78 is 15.4. The molecule has 1 N–H and O–H groups in total. The molecule has 1 aromatic heterocycles. The Morgan fingerprint density at radius 2 is 2.10 bits per heavy atom. The molecule has 2 rings (SSSR count). The average molecular weight is 296 g/mol. The minimum atomic E-state index is -0.286. The highest BCUT2D eigenvalue weighted by Crippen LogP contribution is 2.32. The van der Waals surface area contributed by atoms with Crippen molar-refractivity contribution in [1.29, 1.82) is 0 Å². The van der Waals surface area contributed by atoms with E-state index in [-0.39, 0.29) is 11.9 Å². The van der Waals surface area contributed by atoms with Crippen LogP contribution in [0.4, 0.5) is 4.39 Å². The molecular formula is C15H19ClFN3. The number of aryl methyl sites for hydroxylation is 2. The molecule has 0 amide bonds. The van der Waals surface area contributed by atoms with Gasteiger partial charge in [-0.3, -0.25) is 4.68 Å².